The fourth-order valence-electron chi connectivity index (χ4n) is 3.70. The van der Waals surface area contributed by atoms with Crippen LogP contribution in [-0.4, -0.2) is 29.5 Å². The summed E-state index contributed by atoms with van der Waals surface area (Å²) in [7, 11) is -2.18. The molecule has 0 amide bonds. The van der Waals surface area contributed by atoms with Crippen molar-refractivity contribution in [2.24, 2.45) is 7.05 Å². The Morgan fingerprint density at radius 3 is 2.50 bits per heavy atom. The van der Waals surface area contributed by atoms with Gasteiger partial charge >= 0.3 is 0 Å². The molecule has 0 aliphatic carbocycles. The number of hydrogen-bond donors (Lipinski definition) is 1. The molecule has 0 radical (unpaired) electrons. The van der Waals surface area contributed by atoms with E-state index in [-0.39, 0.29) is 11.3 Å². The van der Waals surface area contributed by atoms with Crippen LogP contribution in [0.1, 0.15) is 29.3 Å². The van der Waals surface area contributed by atoms with Crippen LogP contribution in [0, 0.1) is 11.6 Å². The lowest BCUT2D eigenvalue weighted by Crippen LogP contribution is -2.18. The van der Waals surface area contributed by atoms with Gasteiger partial charge in [0.25, 0.3) is 0 Å². The average Bonchev–Trinajstić information content (AvgIpc) is 3.12. The number of sulfonamides is 1. The number of hydrogen-bond acceptors (Lipinski definition) is 4. The molecule has 0 atom stereocenters. The van der Waals surface area contributed by atoms with E-state index in [2.05, 4.69) is 9.71 Å². The second kappa shape index (κ2) is 9.15. The number of nitrogens with one attached hydrogen (secondary N) is 1. The van der Waals surface area contributed by atoms with E-state index < -0.39 is 38.7 Å². The van der Waals surface area contributed by atoms with E-state index in [4.69, 9.17) is 11.6 Å². The molecule has 1 N–H and O–H groups in total. The summed E-state index contributed by atoms with van der Waals surface area (Å²) in [6, 6.07) is 10.5. The van der Waals surface area contributed by atoms with Crippen LogP contribution in [-0.2, 0) is 17.1 Å². The number of aryl methyl sites for hydroxylation is 1. The van der Waals surface area contributed by atoms with Crippen LogP contribution >= 0.6 is 11.6 Å². The molecule has 4 rings (SSSR count). The predicted octanol–water partition coefficient (Wildman–Crippen LogP) is 5.55. The van der Waals surface area contributed by atoms with Gasteiger partial charge in [0.2, 0.25) is 15.8 Å². The van der Waals surface area contributed by atoms with E-state index in [0.717, 1.165) is 17.7 Å². The number of aromatic nitrogens is 2. The summed E-state index contributed by atoms with van der Waals surface area (Å²) in [4.78, 5) is 17.7. The lowest BCUT2D eigenvalue weighted by Gasteiger charge is -2.11. The number of benzene rings is 2. The van der Waals surface area contributed by atoms with Crippen LogP contribution in [0.25, 0.3) is 22.2 Å². The highest BCUT2D eigenvalue weighted by Crippen LogP contribution is 2.31. The summed E-state index contributed by atoms with van der Waals surface area (Å²) in [6.45, 7) is 1.65. The zero-order valence-electron chi connectivity index (χ0n) is 18.3. The normalized spacial score (nSPS) is 11.7. The van der Waals surface area contributed by atoms with E-state index in [9.17, 15) is 17.6 Å². The molecule has 6 nitrogen and oxygen atoms in total. The number of carbonyl (C=O) groups is 1. The first kappa shape index (κ1) is 23.8. The third kappa shape index (κ3) is 4.53. The van der Waals surface area contributed by atoms with Crippen molar-refractivity contribution in [1.82, 2.24) is 9.55 Å². The van der Waals surface area contributed by atoms with E-state index in [1.807, 2.05) is 0 Å². The monoisotopic (exact) mass is 503 g/mol. The molecule has 0 aliphatic heterocycles. The third-order valence-electron chi connectivity index (χ3n) is 5.29. The average molecular weight is 504 g/mol. The summed E-state index contributed by atoms with van der Waals surface area (Å²) < 4.78 is 57.7. The van der Waals surface area contributed by atoms with Crippen molar-refractivity contribution in [2.75, 3.05) is 10.5 Å². The molecular weight excluding hydrogens is 484 g/mol. The number of ketones is 1. The van der Waals surface area contributed by atoms with Gasteiger partial charge in [0.15, 0.2) is 5.82 Å². The Bertz CT molecular complexity index is 1520. The van der Waals surface area contributed by atoms with Gasteiger partial charge in [-0.3, -0.25) is 9.52 Å². The minimum atomic E-state index is -3.84. The SMILES string of the molecule is CCCS(=O)(=O)Nc1ccc(F)c(C(=O)c2cn(C)c3ncc(-c4ccc(Cl)cc4)cc23)c1F. The minimum absolute atomic E-state index is 0.0344. The largest absolute Gasteiger partial charge is 0.335 e. The van der Waals surface area contributed by atoms with Crippen molar-refractivity contribution >= 4 is 44.1 Å². The quantitative estimate of drug-likeness (QED) is 0.335. The number of fused-ring (bicyclic) bond motifs is 1. The molecule has 10 heteroatoms. The van der Waals surface area contributed by atoms with Gasteiger partial charge in [0.05, 0.1) is 17.0 Å². The Morgan fingerprint density at radius 2 is 1.82 bits per heavy atom. The molecule has 2 heterocycles. The summed E-state index contributed by atoms with van der Waals surface area (Å²) in [5.41, 5.74) is 0.630. The highest BCUT2D eigenvalue weighted by molar-refractivity contribution is 7.92. The number of halogens is 3. The highest BCUT2D eigenvalue weighted by Gasteiger charge is 2.26. The molecule has 4 aromatic rings. The molecule has 0 spiro atoms. The Hall–Kier alpha value is -3.30. The van der Waals surface area contributed by atoms with Crippen LogP contribution < -0.4 is 4.72 Å². The number of carbonyl (C=O) groups excluding carboxylic acids is 1. The van der Waals surface area contributed by atoms with Crippen molar-refractivity contribution in [2.45, 2.75) is 13.3 Å². The highest BCUT2D eigenvalue weighted by atomic mass is 35.5. The van der Waals surface area contributed by atoms with Gasteiger partial charge in [0, 0.05) is 41.0 Å². The first-order valence-electron chi connectivity index (χ1n) is 10.4. The summed E-state index contributed by atoms with van der Waals surface area (Å²) >= 11 is 5.95. The molecular formula is C24H20ClF2N3O3S. The standard InChI is InChI=1S/C24H20ClF2N3O3S/c1-3-10-34(32,33)29-20-9-8-19(26)21(22(20)27)23(31)18-13-30(2)24-17(18)11-15(12-28-24)14-4-6-16(25)7-5-14/h4-9,11-13,29H,3,10H2,1-2H3. The second-order valence-corrected chi connectivity index (χ2v) is 10.1. The van der Waals surface area contributed by atoms with E-state index in [0.29, 0.717) is 28.0 Å². The lowest BCUT2D eigenvalue weighted by molar-refractivity contribution is 0.103. The van der Waals surface area contributed by atoms with Crippen molar-refractivity contribution in [3.63, 3.8) is 0 Å². The summed E-state index contributed by atoms with van der Waals surface area (Å²) in [5.74, 6) is -3.54. The smallest absolute Gasteiger partial charge is 0.232 e. The molecule has 176 valence electrons. The molecule has 0 fully saturated rings. The van der Waals surface area contributed by atoms with Crippen molar-refractivity contribution in [3.05, 3.63) is 82.6 Å². The number of nitrogens with zero attached hydrogens (tertiary/aromatic N) is 2. The molecule has 0 aliphatic rings. The van der Waals surface area contributed by atoms with Gasteiger partial charge in [0.1, 0.15) is 11.5 Å². The third-order valence-corrected chi connectivity index (χ3v) is 7.02. The molecule has 2 aromatic heterocycles. The van der Waals surface area contributed by atoms with Crippen molar-refractivity contribution in [1.29, 1.82) is 0 Å². The van der Waals surface area contributed by atoms with E-state index in [1.54, 1.807) is 55.1 Å². The van der Waals surface area contributed by atoms with Crippen LogP contribution in [0.2, 0.25) is 5.02 Å². The molecule has 0 bridgehead atoms. The first-order chi connectivity index (χ1) is 16.1. The molecule has 34 heavy (non-hydrogen) atoms. The number of anilines is 1. The van der Waals surface area contributed by atoms with E-state index >= 15 is 4.39 Å². The van der Waals surface area contributed by atoms with Gasteiger partial charge in [-0.1, -0.05) is 30.7 Å². The van der Waals surface area contributed by atoms with Gasteiger partial charge in [-0.05, 0) is 42.3 Å². The van der Waals surface area contributed by atoms with Crippen molar-refractivity contribution < 1.29 is 22.0 Å². The van der Waals surface area contributed by atoms with Gasteiger partial charge in [-0.15, -0.1) is 0 Å². The number of pyridine rings is 1. The molecule has 0 saturated heterocycles. The van der Waals surface area contributed by atoms with Crippen LogP contribution in [0.4, 0.5) is 14.5 Å². The van der Waals surface area contributed by atoms with Crippen LogP contribution in [0.15, 0.2) is 54.9 Å². The zero-order valence-corrected chi connectivity index (χ0v) is 19.8. The van der Waals surface area contributed by atoms with Gasteiger partial charge in [-0.2, -0.15) is 0 Å². The maximum atomic E-state index is 15.2. The van der Waals surface area contributed by atoms with Gasteiger partial charge < -0.3 is 4.57 Å². The van der Waals surface area contributed by atoms with Crippen LogP contribution in [0.3, 0.4) is 0 Å². The molecule has 2 aromatic carbocycles. The lowest BCUT2D eigenvalue weighted by atomic mass is 10.00. The Balaban J connectivity index is 1.82. The van der Waals surface area contributed by atoms with Crippen LogP contribution in [0.5, 0.6) is 0 Å². The Labute approximate surface area is 200 Å². The second-order valence-electron chi connectivity index (χ2n) is 7.79. The minimum Gasteiger partial charge on any atom is -0.335 e. The zero-order chi connectivity index (χ0) is 24.6. The molecule has 0 saturated carbocycles. The summed E-state index contributed by atoms with van der Waals surface area (Å²) in [5, 5.41) is 0.962. The van der Waals surface area contributed by atoms with Gasteiger partial charge in [-0.25, -0.2) is 22.2 Å². The molecule has 0 unspecified atom stereocenters. The fourth-order valence-corrected chi connectivity index (χ4v) is 4.96. The van der Waals surface area contributed by atoms with Crippen molar-refractivity contribution in [3.8, 4) is 11.1 Å². The predicted molar refractivity (Wildman–Crippen MR) is 129 cm³/mol. The maximum Gasteiger partial charge on any atom is 0.232 e. The fraction of sp³-hybridized carbons (Fsp3) is 0.167. The summed E-state index contributed by atoms with van der Waals surface area (Å²) in [6.07, 6.45) is 3.38. The maximum absolute atomic E-state index is 15.2. The Morgan fingerprint density at radius 1 is 1.12 bits per heavy atom. The Kier molecular flexibility index (Phi) is 6.42. The first-order valence-corrected chi connectivity index (χ1v) is 12.4. The van der Waals surface area contributed by atoms with E-state index in [1.165, 1.54) is 6.20 Å². The topological polar surface area (TPSA) is 81.1 Å². The number of rotatable bonds is 7.